The monoisotopic (exact) mass is 196 g/mol. The van der Waals surface area contributed by atoms with Crippen molar-refractivity contribution >= 4 is 7.60 Å². The molecule has 0 aliphatic carbocycles. The Morgan fingerprint density at radius 3 is 2.00 bits per heavy atom. The average Bonchev–Trinajstić information content (AvgIpc) is 1.99. The van der Waals surface area contributed by atoms with E-state index in [2.05, 4.69) is 0 Å². The van der Waals surface area contributed by atoms with Gasteiger partial charge in [-0.25, -0.2) is 0 Å². The zero-order valence-electron chi connectivity index (χ0n) is 8.03. The summed E-state index contributed by atoms with van der Waals surface area (Å²) in [6.07, 6.45) is 0.634. The Kier molecular flexibility index (Phi) is 4.42. The topological polar surface area (TPSA) is 55.8 Å². The summed E-state index contributed by atoms with van der Waals surface area (Å²) in [4.78, 5) is 0. The van der Waals surface area contributed by atoms with Gasteiger partial charge in [0.05, 0.1) is 11.8 Å². The molecule has 12 heavy (non-hydrogen) atoms. The molecule has 0 spiro atoms. The van der Waals surface area contributed by atoms with Crippen molar-refractivity contribution in [3.8, 4) is 0 Å². The molecule has 0 heterocycles. The third kappa shape index (κ3) is 4.88. The minimum Gasteiger partial charge on any atom is -0.390 e. The van der Waals surface area contributed by atoms with E-state index in [4.69, 9.17) is 9.05 Å². The predicted molar refractivity (Wildman–Crippen MR) is 47.4 cm³/mol. The van der Waals surface area contributed by atoms with Gasteiger partial charge < -0.3 is 14.2 Å². The van der Waals surface area contributed by atoms with Crippen LogP contribution in [0.15, 0.2) is 0 Å². The van der Waals surface area contributed by atoms with E-state index in [1.54, 1.807) is 13.8 Å². The Morgan fingerprint density at radius 1 is 1.33 bits per heavy atom. The van der Waals surface area contributed by atoms with E-state index in [1.165, 1.54) is 14.2 Å². The van der Waals surface area contributed by atoms with E-state index in [0.29, 0.717) is 6.42 Å². The quantitative estimate of drug-likeness (QED) is 0.679. The van der Waals surface area contributed by atoms with Gasteiger partial charge >= 0.3 is 7.60 Å². The van der Waals surface area contributed by atoms with Crippen LogP contribution in [-0.4, -0.2) is 31.1 Å². The SMILES string of the molecule is COP(=O)(CCC(C)(C)O)OC. The van der Waals surface area contributed by atoms with Gasteiger partial charge in [0.25, 0.3) is 0 Å². The highest BCUT2D eigenvalue weighted by molar-refractivity contribution is 7.53. The van der Waals surface area contributed by atoms with Crippen LogP contribution in [0.1, 0.15) is 20.3 Å². The van der Waals surface area contributed by atoms with Crippen LogP contribution in [0.2, 0.25) is 0 Å². The average molecular weight is 196 g/mol. The summed E-state index contributed by atoms with van der Waals surface area (Å²) >= 11 is 0. The zero-order chi connectivity index (χ0) is 9.83. The highest BCUT2D eigenvalue weighted by atomic mass is 31.2. The molecule has 0 fully saturated rings. The Labute approximate surface area is 73.4 Å². The lowest BCUT2D eigenvalue weighted by atomic mass is 10.1. The molecule has 0 radical (unpaired) electrons. The smallest absolute Gasteiger partial charge is 0.330 e. The highest BCUT2D eigenvalue weighted by Crippen LogP contribution is 2.47. The van der Waals surface area contributed by atoms with E-state index in [-0.39, 0.29) is 6.16 Å². The van der Waals surface area contributed by atoms with Crippen LogP contribution in [0.5, 0.6) is 0 Å². The molecule has 1 N–H and O–H groups in total. The van der Waals surface area contributed by atoms with Gasteiger partial charge in [-0.05, 0) is 20.3 Å². The van der Waals surface area contributed by atoms with Crippen LogP contribution in [0.4, 0.5) is 0 Å². The highest BCUT2D eigenvalue weighted by Gasteiger charge is 2.24. The molecule has 0 amide bonds. The van der Waals surface area contributed by atoms with Gasteiger partial charge in [-0.3, -0.25) is 4.57 Å². The molecular formula is C7H17O4P. The van der Waals surface area contributed by atoms with E-state index in [0.717, 1.165) is 0 Å². The van der Waals surface area contributed by atoms with Gasteiger partial charge in [0.2, 0.25) is 0 Å². The molecule has 0 aliphatic rings. The predicted octanol–water partition coefficient (Wildman–Crippen LogP) is 1.63. The molecule has 0 bridgehead atoms. The molecule has 74 valence electrons. The van der Waals surface area contributed by atoms with Gasteiger partial charge in [-0.2, -0.15) is 0 Å². The van der Waals surface area contributed by atoms with Crippen LogP contribution >= 0.6 is 7.60 Å². The summed E-state index contributed by atoms with van der Waals surface area (Å²) < 4.78 is 20.9. The van der Waals surface area contributed by atoms with Gasteiger partial charge in [0.15, 0.2) is 0 Å². The maximum absolute atomic E-state index is 11.4. The molecule has 0 aromatic rings. The van der Waals surface area contributed by atoms with E-state index in [1.807, 2.05) is 0 Å². The number of hydrogen-bond donors (Lipinski definition) is 1. The normalized spacial score (nSPS) is 13.4. The lowest BCUT2D eigenvalue weighted by Crippen LogP contribution is -2.20. The lowest BCUT2D eigenvalue weighted by molar-refractivity contribution is 0.0751. The first-order valence-corrected chi connectivity index (χ1v) is 5.49. The first-order chi connectivity index (χ1) is 5.33. The maximum Gasteiger partial charge on any atom is 0.330 e. The molecule has 0 atom stereocenters. The van der Waals surface area contributed by atoms with Crippen molar-refractivity contribution in [2.24, 2.45) is 0 Å². The van der Waals surface area contributed by atoms with Gasteiger partial charge in [0.1, 0.15) is 0 Å². The van der Waals surface area contributed by atoms with Crippen molar-refractivity contribution in [1.29, 1.82) is 0 Å². The zero-order valence-corrected chi connectivity index (χ0v) is 8.93. The number of aliphatic hydroxyl groups is 1. The van der Waals surface area contributed by atoms with Crippen molar-refractivity contribution in [2.75, 3.05) is 20.4 Å². The third-order valence-electron chi connectivity index (χ3n) is 1.55. The standard InChI is InChI=1S/C7H17O4P/c1-7(2,8)5-6-12(9,10-3)11-4/h8H,5-6H2,1-4H3. The van der Waals surface area contributed by atoms with Crippen LogP contribution in [0, 0.1) is 0 Å². The minimum atomic E-state index is -2.94. The molecule has 0 saturated heterocycles. The van der Waals surface area contributed by atoms with E-state index < -0.39 is 13.2 Å². The molecule has 0 aromatic heterocycles. The number of rotatable bonds is 5. The summed E-state index contributed by atoms with van der Waals surface area (Å²) in [5, 5.41) is 9.34. The fourth-order valence-corrected chi connectivity index (χ4v) is 2.00. The fourth-order valence-electron chi connectivity index (χ4n) is 0.668. The Morgan fingerprint density at radius 2 is 1.75 bits per heavy atom. The maximum atomic E-state index is 11.4. The van der Waals surface area contributed by atoms with Crippen molar-refractivity contribution in [1.82, 2.24) is 0 Å². The summed E-state index contributed by atoms with van der Waals surface area (Å²) in [5.74, 6) is 0. The first-order valence-electron chi connectivity index (χ1n) is 3.76. The van der Waals surface area contributed by atoms with Crippen molar-refractivity contribution in [3.63, 3.8) is 0 Å². The van der Waals surface area contributed by atoms with E-state index in [9.17, 15) is 9.67 Å². The molecular weight excluding hydrogens is 179 g/mol. The summed E-state index contributed by atoms with van der Waals surface area (Å²) in [5.41, 5.74) is -0.827. The summed E-state index contributed by atoms with van der Waals surface area (Å²) in [6.45, 7) is 3.31. The van der Waals surface area contributed by atoms with Gasteiger partial charge in [0, 0.05) is 14.2 Å². The van der Waals surface area contributed by atoms with E-state index >= 15 is 0 Å². The second-order valence-corrected chi connectivity index (χ2v) is 5.66. The minimum absolute atomic E-state index is 0.240. The van der Waals surface area contributed by atoms with Crippen LogP contribution in [0.3, 0.4) is 0 Å². The second-order valence-electron chi connectivity index (χ2n) is 3.26. The molecule has 4 nitrogen and oxygen atoms in total. The molecule has 0 saturated carbocycles. The lowest BCUT2D eigenvalue weighted by Gasteiger charge is -2.20. The second kappa shape index (κ2) is 4.38. The van der Waals surface area contributed by atoms with Crippen molar-refractivity contribution < 1.29 is 18.7 Å². The van der Waals surface area contributed by atoms with Gasteiger partial charge in [-0.1, -0.05) is 0 Å². The Balaban J connectivity index is 3.99. The van der Waals surface area contributed by atoms with Gasteiger partial charge in [-0.15, -0.1) is 0 Å². The number of hydrogen-bond acceptors (Lipinski definition) is 4. The molecule has 0 unspecified atom stereocenters. The summed E-state index contributed by atoms with van der Waals surface area (Å²) in [7, 11) is -0.254. The largest absolute Gasteiger partial charge is 0.390 e. The van der Waals surface area contributed by atoms with Crippen molar-refractivity contribution in [3.05, 3.63) is 0 Å². The fraction of sp³-hybridized carbons (Fsp3) is 1.00. The molecule has 0 rings (SSSR count). The summed E-state index contributed by atoms with van der Waals surface area (Å²) in [6, 6.07) is 0. The molecule has 0 aromatic carbocycles. The Bertz CT molecular complexity index is 165. The Hall–Kier alpha value is 0.110. The first kappa shape index (κ1) is 12.1. The van der Waals surface area contributed by atoms with Crippen molar-refractivity contribution in [2.45, 2.75) is 25.9 Å². The molecule has 0 aliphatic heterocycles. The molecule has 5 heteroatoms. The van der Waals surface area contributed by atoms with Crippen LogP contribution in [-0.2, 0) is 13.6 Å². The van der Waals surface area contributed by atoms with Crippen LogP contribution < -0.4 is 0 Å². The third-order valence-corrected chi connectivity index (χ3v) is 3.44. The van der Waals surface area contributed by atoms with Crippen LogP contribution in [0.25, 0.3) is 0 Å².